The number of nitro groups is 2. The van der Waals surface area contributed by atoms with Crippen molar-refractivity contribution in [2.24, 2.45) is 0 Å². The van der Waals surface area contributed by atoms with E-state index in [-0.39, 0.29) is 20.8 Å². The van der Waals surface area contributed by atoms with Crippen LogP contribution in [0, 0.1) is 34.1 Å². The molecule has 172 valence electrons. The maximum absolute atomic E-state index is 13.5. The molecule has 0 amide bonds. The van der Waals surface area contributed by atoms with Crippen molar-refractivity contribution >= 4 is 37.1 Å². The molecule has 3 rings (SSSR count). The average Bonchev–Trinajstić information content (AvgIpc) is 2.72. The molecule has 0 aromatic heterocycles. The van der Waals surface area contributed by atoms with Crippen molar-refractivity contribution in [1.82, 2.24) is 0 Å². The number of anilines is 1. The van der Waals surface area contributed by atoms with Crippen molar-refractivity contribution in [2.45, 2.75) is 23.6 Å². The van der Waals surface area contributed by atoms with Crippen molar-refractivity contribution in [3.8, 4) is 0 Å². The van der Waals surface area contributed by atoms with E-state index in [0.717, 1.165) is 48.5 Å². The van der Waals surface area contributed by atoms with Gasteiger partial charge in [0, 0.05) is 24.3 Å². The van der Waals surface area contributed by atoms with E-state index in [1.807, 2.05) is 0 Å². The van der Waals surface area contributed by atoms with Gasteiger partial charge in [0.05, 0.1) is 25.3 Å². The lowest BCUT2D eigenvalue weighted by Gasteiger charge is -2.25. The van der Waals surface area contributed by atoms with E-state index in [9.17, 15) is 37.1 Å². The molecule has 0 aliphatic carbocycles. The molecule has 3 aromatic rings. The first-order chi connectivity index (χ1) is 15.3. The number of benzene rings is 3. The molecular formula is C20H17N3O8S2. The molecule has 13 heteroatoms. The number of non-ortho nitro benzene ring substituents is 2. The SMILES string of the molecule is Cc1cc(C)cc(N(S(=O)(=O)c2ccc([N+](=O)[O-])cc2)S(=O)(=O)c2ccc([N+](=O)[O-])cc2)c1. The average molecular weight is 492 g/mol. The largest absolute Gasteiger partial charge is 0.277 e. The minimum absolute atomic E-state index is 0.177. The third-order valence-corrected chi connectivity index (χ3v) is 8.75. The van der Waals surface area contributed by atoms with Gasteiger partial charge in [0.2, 0.25) is 0 Å². The van der Waals surface area contributed by atoms with Crippen LogP contribution >= 0.6 is 0 Å². The van der Waals surface area contributed by atoms with Crippen LogP contribution in [0.3, 0.4) is 0 Å². The molecule has 0 atom stereocenters. The summed E-state index contributed by atoms with van der Waals surface area (Å²) in [5, 5.41) is 21.8. The smallest absolute Gasteiger partial charge is 0.258 e. The van der Waals surface area contributed by atoms with Crippen LogP contribution in [-0.2, 0) is 20.0 Å². The number of rotatable bonds is 7. The number of hydrogen-bond donors (Lipinski definition) is 0. The second-order valence-corrected chi connectivity index (χ2v) is 10.9. The molecule has 0 saturated heterocycles. The fraction of sp³-hybridized carbons (Fsp3) is 0.100. The predicted molar refractivity (Wildman–Crippen MR) is 119 cm³/mol. The van der Waals surface area contributed by atoms with Gasteiger partial charge in [0.25, 0.3) is 31.4 Å². The van der Waals surface area contributed by atoms with Crippen LogP contribution in [0.25, 0.3) is 0 Å². The highest BCUT2D eigenvalue weighted by Crippen LogP contribution is 2.33. The molecule has 3 aromatic carbocycles. The summed E-state index contributed by atoms with van der Waals surface area (Å²) in [5.41, 5.74) is 0.264. The Kier molecular flexibility index (Phi) is 6.20. The van der Waals surface area contributed by atoms with Crippen LogP contribution in [0.4, 0.5) is 17.1 Å². The van der Waals surface area contributed by atoms with E-state index < -0.39 is 39.7 Å². The van der Waals surface area contributed by atoms with E-state index in [0.29, 0.717) is 11.1 Å². The van der Waals surface area contributed by atoms with Crippen LogP contribution in [0.2, 0.25) is 0 Å². The van der Waals surface area contributed by atoms with Gasteiger partial charge in [-0.2, -0.15) is 3.71 Å². The molecule has 0 aliphatic rings. The van der Waals surface area contributed by atoms with Gasteiger partial charge in [0.1, 0.15) is 0 Å². The second kappa shape index (κ2) is 8.60. The van der Waals surface area contributed by atoms with Crippen LogP contribution < -0.4 is 3.71 Å². The van der Waals surface area contributed by atoms with Gasteiger partial charge in [-0.05, 0) is 61.4 Å². The van der Waals surface area contributed by atoms with E-state index >= 15 is 0 Å². The summed E-state index contributed by atoms with van der Waals surface area (Å²) in [6.45, 7) is 3.32. The van der Waals surface area contributed by atoms with Gasteiger partial charge < -0.3 is 0 Å². The highest BCUT2D eigenvalue weighted by atomic mass is 32.3. The molecule has 0 aliphatic heterocycles. The maximum Gasteiger partial charge on any atom is 0.277 e. The number of nitrogens with zero attached hydrogens (tertiary/aromatic N) is 3. The number of aryl methyl sites for hydroxylation is 2. The summed E-state index contributed by atoms with van der Waals surface area (Å²) in [7, 11) is -9.55. The minimum atomic E-state index is -4.77. The third-order valence-electron chi connectivity index (χ3n) is 4.54. The van der Waals surface area contributed by atoms with Gasteiger partial charge >= 0.3 is 0 Å². The Morgan fingerprint density at radius 2 is 0.970 bits per heavy atom. The lowest BCUT2D eigenvalue weighted by Crippen LogP contribution is -2.37. The molecule has 0 bridgehead atoms. The molecule has 0 spiro atoms. The summed E-state index contributed by atoms with van der Waals surface area (Å²) in [6, 6.07) is 12.0. The Morgan fingerprint density at radius 1 is 0.636 bits per heavy atom. The normalized spacial score (nSPS) is 11.7. The molecule has 0 saturated carbocycles. The third kappa shape index (κ3) is 4.68. The Bertz CT molecular complexity index is 1340. The lowest BCUT2D eigenvalue weighted by molar-refractivity contribution is -0.385. The second-order valence-electron chi connectivity index (χ2n) is 7.06. The first kappa shape index (κ1) is 23.8. The molecule has 0 unspecified atom stereocenters. The number of sulfonamides is 2. The Hall–Kier alpha value is -3.84. The van der Waals surface area contributed by atoms with Crippen molar-refractivity contribution in [1.29, 1.82) is 0 Å². The predicted octanol–water partition coefficient (Wildman–Crippen LogP) is 3.70. The highest BCUT2D eigenvalue weighted by Gasteiger charge is 2.37. The molecule has 33 heavy (non-hydrogen) atoms. The summed E-state index contributed by atoms with van der Waals surface area (Å²) in [4.78, 5) is 19.4. The number of nitro benzene ring substituents is 2. The first-order valence-electron chi connectivity index (χ1n) is 9.22. The summed E-state index contributed by atoms with van der Waals surface area (Å²) in [6.07, 6.45) is 0. The van der Waals surface area contributed by atoms with Crippen LogP contribution in [-0.4, -0.2) is 26.7 Å². The zero-order valence-electron chi connectivity index (χ0n) is 17.3. The maximum atomic E-state index is 13.5. The van der Waals surface area contributed by atoms with Gasteiger partial charge in [-0.25, -0.2) is 16.8 Å². The van der Waals surface area contributed by atoms with Gasteiger partial charge in [0.15, 0.2) is 0 Å². The quantitative estimate of drug-likeness (QED) is 0.357. The van der Waals surface area contributed by atoms with Gasteiger partial charge in [-0.15, -0.1) is 0 Å². The Labute approximate surface area is 189 Å². The van der Waals surface area contributed by atoms with Gasteiger partial charge in [-0.1, -0.05) is 6.07 Å². The highest BCUT2D eigenvalue weighted by molar-refractivity contribution is 8.10. The molecular weight excluding hydrogens is 474 g/mol. The van der Waals surface area contributed by atoms with E-state index in [2.05, 4.69) is 0 Å². The van der Waals surface area contributed by atoms with Gasteiger partial charge in [-0.3, -0.25) is 20.2 Å². The zero-order chi connectivity index (χ0) is 24.6. The minimum Gasteiger partial charge on any atom is -0.258 e. The molecule has 0 fully saturated rings. The van der Waals surface area contributed by atoms with Crippen molar-refractivity contribution in [2.75, 3.05) is 3.71 Å². The molecule has 0 heterocycles. The monoisotopic (exact) mass is 491 g/mol. The number of hydrogen-bond acceptors (Lipinski definition) is 8. The van der Waals surface area contributed by atoms with Crippen molar-refractivity contribution in [3.63, 3.8) is 0 Å². The van der Waals surface area contributed by atoms with E-state index in [1.54, 1.807) is 19.9 Å². The van der Waals surface area contributed by atoms with E-state index in [4.69, 9.17) is 0 Å². The first-order valence-corrected chi connectivity index (χ1v) is 12.1. The molecule has 0 N–H and O–H groups in total. The van der Waals surface area contributed by atoms with Crippen LogP contribution in [0.1, 0.15) is 11.1 Å². The van der Waals surface area contributed by atoms with Crippen molar-refractivity contribution in [3.05, 3.63) is 98.1 Å². The van der Waals surface area contributed by atoms with E-state index in [1.165, 1.54) is 12.1 Å². The topological polar surface area (TPSA) is 158 Å². The summed E-state index contributed by atoms with van der Waals surface area (Å²) in [5.74, 6) is 0. The van der Waals surface area contributed by atoms with Crippen LogP contribution in [0.5, 0.6) is 0 Å². The van der Waals surface area contributed by atoms with Crippen molar-refractivity contribution < 1.29 is 26.7 Å². The fourth-order valence-electron chi connectivity index (χ4n) is 3.13. The molecule has 11 nitrogen and oxygen atoms in total. The summed E-state index contributed by atoms with van der Waals surface area (Å²) < 4.78 is 54.2. The Morgan fingerprint density at radius 3 is 1.27 bits per heavy atom. The fourth-order valence-corrected chi connectivity index (χ4v) is 6.79. The van der Waals surface area contributed by atoms with Crippen LogP contribution in [0.15, 0.2) is 76.5 Å². The standard InChI is InChI=1S/C20H17N3O8S2/c1-14-11-15(2)13-18(12-14)23(32(28,29)19-7-3-16(4-8-19)21(24)25)33(30,31)20-9-5-17(6-10-20)22(26)27/h3-13H,1-2H3. The zero-order valence-corrected chi connectivity index (χ0v) is 18.9. The summed E-state index contributed by atoms with van der Waals surface area (Å²) >= 11 is 0. The Balaban J connectivity index is 2.25. The molecule has 0 radical (unpaired) electrons. The lowest BCUT2D eigenvalue weighted by atomic mass is 10.1.